The van der Waals surface area contributed by atoms with Gasteiger partial charge in [-0.25, -0.2) is 4.79 Å². The molecule has 1 saturated heterocycles. The highest BCUT2D eigenvalue weighted by molar-refractivity contribution is 9.10. The first-order valence-corrected chi connectivity index (χ1v) is 10.1. The van der Waals surface area contributed by atoms with Crippen molar-refractivity contribution in [3.63, 3.8) is 0 Å². The molecule has 0 spiro atoms. The minimum absolute atomic E-state index is 0.144. The van der Waals surface area contributed by atoms with E-state index < -0.39 is 0 Å². The zero-order valence-electron chi connectivity index (χ0n) is 15.5. The van der Waals surface area contributed by atoms with Crippen LogP contribution in [0.5, 0.6) is 0 Å². The predicted octanol–water partition coefficient (Wildman–Crippen LogP) is 4.78. The Morgan fingerprint density at radius 1 is 1.14 bits per heavy atom. The molecule has 2 aromatic carbocycles. The minimum atomic E-state index is -0.144. The number of halogens is 1. The van der Waals surface area contributed by atoms with Gasteiger partial charge in [-0.1, -0.05) is 21.1 Å². The van der Waals surface area contributed by atoms with Gasteiger partial charge in [0.2, 0.25) is 11.7 Å². The van der Waals surface area contributed by atoms with E-state index in [2.05, 4.69) is 37.5 Å². The Bertz CT molecular complexity index is 1030. The van der Waals surface area contributed by atoms with Crippen molar-refractivity contribution >= 4 is 27.6 Å². The number of hydrogen-bond acceptors (Lipinski definition) is 5. The van der Waals surface area contributed by atoms with Crippen LogP contribution in [0.15, 0.2) is 57.5 Å². The van der Waals surface area contributed by atoms with Crippen molar-refractivity contribution in [3.8, 4) is 17.5 Å². The molecular weight excluding hydrogens is 434 g/mol. The first kappa shape index (κ1) is 19.2. The van der Waals surface area contributed by atoms with E-state index >= 15 is 0 Å². The molecule has 29 heavy (non-hydrogen) atoms. The number of rotatable bonds is 3. The molecule has 7 nitrogen and oxygen atoms in total. The maximum atomic E-state index is 12.5. The first-order valence-electron chi connectivity index (χ1n) is 9.28. The minimum Gasteiger partial charge on any atom is -0.339 e. The molecule has 2 heterocycles. The number of carbonyl (C=O) groups is 1. The molecule has 1 fully saturated rings. The molecule has 146 valence electrons. The third-order valence-corrected chi connectivity index (χ3v) is 5.47. The summed E-state index contributed by atoms with van der Waals surface area (Å²) in [7, 11) is 0. The van der Waals surface area contributed by atoms with E-state index in [0.29, 0.717) is 36.1 Å². The van der Waals surface area contributed by atoms with Gasteiger partial charge < -0.3 is 14.7 Å². The Balaban J connectivity index is 1.33. The Hall–Kier alpha value is -3.18. The molecule has 1 aliphatic rings. The van der Waals surface area contributed by atoms with Crippen LogP contribution < -0.4 is 5.32 Å². The monoisotopic (exact) mass is 451 g/mol. The van der Waals surface area contributed by atoms with Crippen LogP contribution in [0.1, 0.15) is 30.2 Å². The molecule has 0 aliphatic carbocycles. The first-order chi connectivity index (χ1) is 14.1. The van der Waals surface area contributed by atoms with E-state index in [-0.39, 0.29) is 11.9 Å². The van der Waals surface area contributed by atoms with Gasteiger partial charge in [0.05, 0.1) is 11.6 Å². The fourth-order valence-corrected chi connectivity index (χ4v) is 3.54. The predicted molar refractivity (Wildman–Crippen MR) is 111 cm³/mol. The zero-order valence-corrected chi connectivity index (χ0v) is 17.1. The lowest BCUT2D eigenvalue weighted by Crippen LogP contribution is -2.40. The molecule has 2 amide bonds. The third-order valence-electron chi connectivity index (χ3n) is 4.94. The van der Waals surface area contributed by atoms with Crippen molar-refractivity contribution in [2.24, 2.45) is 0 Å². The standard InChI is InChI=1S/C21H18BrN5O2/c22-17-5-3-15(4-6-17)19-25-20(29-26-19)16-9-11-27(12-10-16)21(28)24-18-7-1-14(13-23)2-8-18/h1-8,16H,9-12H2,(H,24,28). The van der Waals surface area contributed by atoms with Gasteiger partial charge in [-0.15, -0.1) is 0 Å². The number of anilines is 1. The fourth-order valence-electron chi connectivity index (χ4n) is 3.28. The highest BCUT2D eigenvalue weighted by Crippen LogP contribution is 2.29. The summed E-state index contributed by atoms with van der Waals surface area (Å²) in [5, 5.41) is 15.8. The van der Waals surface area contributed by atoms with E-state index in [1.54, 1.807) is 29.2 Å². The maximum absolute atomic E-state index is 12.5. The largest absolute Gasteiger partial charge is 0.339 e. The van der Waals surface area contributed by atoms with Gasteiger partial charge >= 0.3 is 6.03 Å². The summed E-state index contributed by atoms with van der Waals surface area (Å²) in [6.45, 7) is 1.23. The van der Waals surface area contributed by atoms with Crippen LogP contribution in [0.2, 0.25) is 0 Å². The number of carbonyl (C=O) groups excluding carboxylic acids is 1. The summed E-state index contributed by atoms with van der Waals surface area (Å²) in [4.78, 5) is 18.8. The van der Waals surface area contributed by atoms with Gasteiger partial charge in [-0.05, 0) is 61.4 Å². The van der Waals surface area contributed by atoms with Crippen molar-refractivity contribution < 1.29 is 9.32 Å². The van der Waals surface area contributed by atoms with Crippen LogP contribution in [-0.4, -0.2) is 34.2 Å². The van der Waals surface area contributed by atoms with Gasteiger partial charge in [0.1, 0.15) is 0 Å². The number of nitrogens with zero attached hydrogens (tertiary/aromatic N) is 4. The Morgan fingerprint density at radius 3 is 2.48 bits per heavy atom. The van der Waals surface area contributed by atoms with Crippen LogP contribution in [0.3, 0.4) is 0 Å². The SMILES string of the molecule is N#Cc1ccc(NC(=O)N2CCC(c3nc(-c4ccc(Br)cc4)no3)CC2)cc1. The third kappa shape index (κ3) is 4.46. The lowest BCUT2D eigenvalue weighted by Gasteiger charge is -2.30. The van der Waals surface area contributed by atoms with Crippen molar-refractivity contribution in [2.45, 2.75) is 18.8 Å². The number of benzene rings is 2. The number of piperidine rings is 1. The fraction of sp³-hybridized carbons (Fsp3) is 0.238. The van der Waals surface area contributed by atoms with E-state index in [1.165, 1.54) is 0 Å². The zero-order chi connectivity index (χ0) is 20.2. The normalized spacial score (nSPS) is 14.4. The number of amides is 2. The van der Waals surface area contributed by atoms with Crippen LogP contribution in [0.4, 0.5) is 10.5 Å². The average molecular weight is 452 g/mol. The number of hydrogen-bond donors (Lipinski definition) is 1. The number of nitriles is 1. The van der Waals surface area contributed by atoms with Crippen molar-refractivity contribution in [3.05, 3.63) is 64.5 Å². The average Bonchev–Trinajstić information content (AvgIpc) is 3.25. The van der Waals surface area contributed by atoms with Crippen molar-refractivity contribution in [1.29, 1.82) is 5.26 Å². The summed E-state index contributed by atoms with van der Waals surface area (Å²) in [6.07, 6.45) is 1.53. The Kier molecular flexibility index (Phi) is 5.58. The number of aromatic nitrogens is 2. The highest BCUT2D eigenvalue weighted by atomic mass is 79.9. The summed E-state index contributed by atoms with van der Waals surface area (Å²) < 4.78 is 6.48. The van der Waals surface area contributed by atoms with Gasteiger partial charge in [0.15, 0.2) is 0 Å². The van der Waals surface area contributed by atoms with Crippen LogP contribution in [0.25, 0.3) is 11.4 Å². The number of likely N-dealkylation sites (tertiary alicyclic amines) is 1. The summed E-state index contributed by atoms with van der Waals surface area (Å²) >= 11 is 3.42. The maximum Gasteiger partial charge on any atom is 0.321 e. The van der Waals surface area contributed by atoms with Crippen LogP contribution in [-0.2, 0) is 0 Å². The molecule has 1 aromatic heterocycles. The van der Waals surface area contributed by atoms with Crippen molar-refractivity contribution in [1.82, 2.24) is 15.0 Å². The second kappa shape index (κ2) is 8.45. The molecule has 0 radical (unpaired) electrons. The molecule has 0 bridgehead atoms. The lowest BCUT2D eigenvalue weighted by molar-refractivity contribution is 0.187. The smallest absolute Gasteiger partial charge is 0.321 e. The van der Waals surface area contributed by atoms with E-state index in [4.69, 9.17) is 9.78 Å². The molecule has 4 rings (SSSR count). The van der Waals surface area contributed by atoms with Gasteiger partial charge in [0.25, 0.3) is 0 Å². The van der Waals surface area contributed by atoms with Gasteiger partial charge in [-0.3, -0.25) is 0 Å². The Morgan fingerprint density at radius 2 is 1.83 bits per heavy atom. The molecule has 1 N–H and O–H groups in total. The topological polar surface area (TPSA) is 95.1 Å². The highest BCUT2D eigenvalue weighted by Gasteiger charge is 2.27. The van der Waals surface area contributed by atoms with Gasteiger partial charge in [-0.2, -0.15) is 10.2 Å². The number of nitrogens with one attached hydrogen (secondary N) is 1. The number of urea groups is 1. The lowest BCUT2D eigenvalue weighted by atomic mass is 9.97. The second-order valence-corrected chi connectivity index (χ2v) is 7.76. The molecule has 0 unspecified atom stereocenters. The molecule has 1 aliphatic heterocycles. The van der Waals surface area contributed by atoms with E-state index in [9.17, 15) is 4.79 Å². The van der Waals surface area contributed by atoms with E-state index in [0.717, 1.165) is 22.9 Å². The molecule has 0 saturated carbocycles. The molecule has 8 heteroatoms. The van der Waals surface area contributed by atoms with Gasteiger partial charge in [0, 0.05) is 34.7 Å². The molecule has 3 aromatic rings. The summed E-state index contributed by atoms with van der Waals surface area (Å²) in [5.74, 6) is 1.34. The van der Waals surface area contributed by atoms with Crippen molar-refractivity contribution in [2.75, 3.05) is 18.4 Å². The summed E-state index contributed by atoms with van der Waals surface area (Å²) in [5.41, 5.74) is 2.14. The molecule has 0 atom stereocenters. The molecular formula is C21H18BrN5O2. The van der Waals surface area contributed by atoms with Crippen LogP contribution in [0, 0.1) is 11.3 Å². The van der Waals surface area contributed by atoms with E-state index in [1.807, 2.05) is 24.3 Å². The quantitative estimate of drug-likeness (QED) is 0.617. The Labute approximate surface area is 176 Å². The second-order valence-electron chi connectivity index (χ2n) is 6.84. The summed E-state index contributed by atoms with van der Waals surface area (Å²) in [6, 6.07) is 16.5. The van der Waals surface area contributed by atoms with Crippen LogP contribution >= 0.6 is 15.9 Å².